The first-order valence-corrected chi connectivity index (χ1v) is 16.4. The van der Waals surface area contributed by atoms with Gasteiger partial charge in [0, 0.05) is 66.7 Å². The third kappa shape index (κ3) is 5.66. The predicted octanol–water partition coefficient (Wildman–Crippen LogP) is 5.77. The zero-order valence-corrected chi connectivity index (χ0v) is 26.8. The number of ether oxygens (including phenoxy) is 2. The first kappa shape index (κ1) is 31.6. The number of terminal acetylenes is 1. The number of rotatable bonds is 8. The first-order valence-electron chi connectivity index (χ1n) is 16.4. The molecule has 0 radical (unpaired) electrons. The van der Waals surface area contributed by atoms with E-state index >= 15 is 4.39 Å². The second-order valence-electron chi connectivity index (χ2n) is 13.7. The van der Waals surface area contributed by atoms with Crippen LogP contribution in [0, 0.1) is 29.4 Å². The summed E-state index contributed by atoms with van der Waals surface area (Å²) in [6.45, 7) is 2.87. The molecule has 2 atom stereocenters. The minimum Gasteiger partial charge on any atom is -0.508 e. The van der Waals surface area contributed by atoms with Crippen LogP contribution in [0.2, 0.25) is 0 Å². The fraction of sp³-hybridized carbons (Fsp3) is 0.417. The number of nitrogens with one attached hydrogen (secondary N) is 1. The molecule has 3 aliphatic heterocycles. The van der Waals surface area contributed by atoms with Crippen molar-refractivity contribution < 1.29 is 32.1 Å². The minimum atomic E-state index is -1.60. The third-order valence-corrected chi connectivity index (χ3v) is 10.3. The van der Waals surface area contributed by atoms with Crippen LogP contribution in [0.5, 0.6) is 17.6 Å². The molecular weight excluding hydrogens is 640 g/mol. The maximum absolute atomic E-state index is 17.0. The van der Waals surface area contributed by atoms with Crippen LogP contribution in [0.1, 0.15) is 37.7 Å². The Morgan fingerprint density at radius 2 is 1.88 bits per heavy atom. The molecule has 1 saturated carbocycles. The number of hydrogen-bond donors (Lipinski definition) is 2. The number of methoxy groups -OCH3 is 1. The van der Waals surface area contributed by atoms with Gasteiger partial charge in [-0.15, -0.1) is 6.42 Å². The van der Waals surface area contributed by atoms with Crippen LogP contribution in [-0.2, 0) is 0 Å². The van der Waals surface area contributed by atoms with Gasteiger partial charge in [0.25, 0.3) is 6.08 Å². The zero-order chi connectivity index (χ0) is 34.0. The Bertz CT molecular complexity index is 2060. The fourth-order valence-corrected chi connectivity index (χ4v) is 7.67. The summed E-state index contributed by atoms with van der Waals surface area (Å²) in [5, 5.41) is 15.1. The van der Waals surface area contributed by atoms with E-state index in [2.05, 4.69) is 26.1 Å². The van der Waals surface area contributed by atoms with E-state index in [0.717, 1.165) is 25.7 Å². The molecule has 2 bridgehead atoms. The highest BCUT2D eigenvalue weighted by Crippen LogP contribution is 2.48. The summed E-state index contributed by atoms with van der Waals surface area (Å²) in [6, 6.07) is 5.78. The van der Waals surface area contributed by atoms with Crippen LogP contribution in [0.25, 0.3) is 32.9 Å². The van der Waals surface area contributed by atoms with Gasteiger partial charge in [-0.25, -0.2) is 13.8 Å². The molecule has 254 valence electrons. The number of likely N-dealkylation sites (tertiary alicyclic amines) is 1. The Hall–Kier alpha value is -4.67. The molecule has 0 spiro atoms. The van der Waals surface area contributed by atoms with Gasteiger partial charge in [-0.1, -0.05) is 12.0 Å². The summed E-state index contributed by atoms with van der Waals surface area (Å²) in [4.78, 5) is 18.0. The molecule has 49 heavy (non-hydrogen) atoms. The largest absolute Gasteiger partial charge is 0.508 e. The van der Waals surface area contributed by atoms with Gasteiger partial charge in [0.1, 0.15) is 34.0 Å². The Labute approximate surface area is 279 Å². The van der Waals surface area contributed by atoms with Crippen molar-refractivity contribution in [2.45, 2.75) is 44.2 Å². The molecule has 1 aliphatic carbocycles. The summed E-state index contributed by atoms with van der Waals surface area (Å²) in [6.07, 6.45) is 8.17. The molecule has 2 unspecified atom stereocenters. The molecule has 3 saturated heterocycles. The van der Waals surface area contributed by atoms with E-state index in [1.807, 2.05) is 4.90 Å². The van der Waals surface area contributed by atoms with Gasteiger partial charge < -0.3 is 24.8 Å². The number of aromatic nitrogens is 3. The molecular formula is C36H34F4N6O3. The van der Waals surface area contributed by atoms with Crippen molar-refractivity contribution in [3.05, 3.63) is 53.1 Å². The molecule has 0 amide bonds. The van der Waals surface area contributed by atoms with Crippen LogP contribution < -0.4 is 19.7 Å². The SMILES string of the molecule is C#Cc1c(F)ccc2cc(O)cc(-c3nc(OC)c4c(N5CC6CCC(C5)N6)nc(OCC5(CN6CCC(=C(F)F)C6)CC5)nc4c3F)c12. The second kappa shape index (κ2) is 12.0. The van der Waals surface area contributed by atoms with Gasteiger partial charge in [-0.3, -0.25) is 4.90 Å². The quantitative estimate of drug-likeness (QED) is 0.178. The highest BCUT2D eigenvalue weighted by atomic mass is 19.3. The zero-order valence-electron chi connectivity index (χ0n) is 26.8. The second-order valence-corrected chi connectivity index (χ2v) is 13.7. The lowest BCUT2D eigenvalue weighted by molar-refractivity contribution is 0.171. The van der Waals surface area contributed by atoms with E-state index in [0.29, 0.717) is 43.8 Å². The summed E-state index contributed by atoms with van der Waals surface area (Å²) in [7, 11) is 1.41. The predicted molar refractivity (Wildman–Crippen MR) is 176 cm³/mol. The van der Waals surface area contributed by atoms with Crippen molar-refractivity contribution in [2.24, 2.45) is 5.41 Å². The Balaban J connectivity index is 1.24. The van der Waals surface area contributed by atoms with Crippen LogP contribution in [0.15, 0.2) is 35.9 Å². The number of anilines is 1. The third-order valence-electron chi connectivity index (χ3n) is 10.3. The number of benzene rings is 2. The minimum absolute atomic E-state index is 0.0364. The molecule has 4 aromatic rings. The van der Waals surface area contributed by atoms with Crippen molar-refractivity contribution in [3.63, 3.8) is 0 Å². The molecule has 9 nitrogen and oxygen atoms in total. The summed E-state index contributed by atoms with van der Waals surface area (Å²) in [5.74, 6) is 1.12. The van der Waals surface area contributed by atoms with E-state index in [4.69, 9.17) is 20.9 Å². The molecule has 2 N–H and O–H groups in total. The molecule has 5 heterocycles. The van der Waals surface area contributed by atoms with E-state index in [-0.39, 0.29) is 87.0 Å². The smallest absolute Gasteiger partial charge is 0.319 e. The van der Waals surface area contributed by atoms with Gasteiger partial charge in [0.2, 0.25) is 5.88 Å². The molecule has 2 aromatic carbocycles. The maximum Gasteiger partial charge on any atom is 0.319 e. The highest BCUT2D eigenvalue weighted by Gasteiger charge is 2.46. The number of aromatic hydroxyl groups is 1. The van der Waals surface area contributed by atoms with E-state index < -0.39 is 17.7 Å². The molecule has 4 fully saturated rings. The highest BCUT2D eigenvalue weighted by molar-refractivity contribution is 6.04. The average Bonchev–Trinajstić information content (AvgIpc) is 3.54. The monoisotopic (exact) mass is 674 g/mol. The van der Waals surface area contributed by atoms with Crippen molar-refractivity contribution in [1.29, 1.82) is 0 Å². The number of piperazine rings is 1. The Morgan fingerprint density at radius 3 is 2.55 bits per heavy atom. The number of phenolic OH excluding ortho intramolecular Hbond substituents is 1. The van der Waals surface area contributed by atoms with E-state index in [1.165, 1.54) is 31.4 Å². The number of hydrogen-bond acceptors (Lipinski definition) is 9. The average molecular weight is 675 g/mol. The lowest BCUT2D eigenvalue weighted by Crippen LogP contribution is -2.51. The summed E-state index contributed by atoms with van der Waals surface area (Å²) in [5.41, 5.74) is -0.440. The van der Waals surface area contributed by atoms with E-state index in [1.54, 1.807) is 0 Å². The molecule has 4 aliphatic rings. The summed E-state index contributed by atoms with van der Waals surface area (Å²) < 4.78 is 70.4. The standard InChI is InChI=1S/C36H34F4N6O3/c1-3-24-26(37)7-4-19-12-23(47)13-25(27(19)24)30-29(38)31-28(34(42-30)48-2)33(46-15-21-5-6-22(16-46)41-21)44-35(43-31)49-18-36(9-10-36)17-45-11-8-20(14-45)32(39)40/h1,4,7,12-13,21-22,41,47H,5-6,8-11,14-18H2,2H3. The van der Waals surface area contributed by atoms with Crippen LogP contribution in [0.4, 0.5) is 23.4 Å². The normalized spacial score (nSPS) is 21.4. The van der Waals surface area contributed by atoms with Gasteiger partial charge in [0.15, 0.2) is 5.82 Å². The van der Waals surface area contributed by atoms with Crippen LogP contribution >= 0.6 is 0 Å². The number of fused-ring (bicyclic) bond motifs is 4. The van der Waals surface area contributed by atoms with Crippen molar-refractivity contribution in [3.8, 4) is 41.2 Å². The number of halogens is 4. The molecule has 8 rings (SSSR count). The van der Waals surface area contributed by atoms with Gasteiger partial charge in [-0.05, 0) is 55.7 Å². The van der Waals surface area contributed by atoms with Crippen LogP contribution in [-0.4, -0.2) is 83.5 Å². The summed E-state index contributed by atoms with van der Waals surface area (Å²) >= 11 is 0. The Kier molecular flexibility index (Phi) is 7.76. The van der Waals surface area contributed by atoms with Gasteiger partial charge >= 0.3 is 6.01 Å². The maximum atomic E-state index is 17.0. The van der Waals surface area contributed by atoms with Crippen molar-refractivity contribution in [2.75, 3.05) is 51.3 Å². The van der Waals surface area contributed by atoms with E-state index in [9.17, 15) is 18.3 Å². The van der Waals surface area contributed by atoms with Gasteiger partial charge in [-0.2, -0.15) is 18.7 Å². The number of pyridine rings is 1. The van der Waals surface area contributed by atoms with Crippen molar-refractivity contribution in [1.82, 2.24) is 25.2 Å². The van der Waals surface area contributed by atoms with Crippen molar-refractivity contribution >= 4 is 27.5 Å². The molecule has 2 aromatic heterocycles. The number of nitrogens with zero attached hydrogens (tertiary/aromatic N) is 5. The topological polar surface area (TPSA) is 95.9 Å². The lowest BCUT2D eigenvalue weighted by Gasteiger charge is -2.34. The lowest BCUT2D eigenvalue weighted by atomic mass is 9.95. The first-order chi connectivity index (χ1) is 23.6. The number of phenols is 1. The fourth-order valence-electron chi connectivity index (χ4n) is 7.67. The Morgan fingerprint density at radius 1 is 1.10 bits per heavy atom. The van der Waals surface area contributed by atoms with Crippen LogP contribution in [0.3, 0.4) is 0 Å². The molecule has 13 heteroatoms. The van der Waals surface area contributed by atoms with Gasteiger partial charge in [0.05, 0.1) is 19.3 Å².